The molecule has 1 N–H and O–H groups in total. The van der Waals surface area contributed by atoms with Crippen LogP contribution in [0.15, 0.2) is 29.6 Å². The van der Waals surface area contributed by atoms with Gasteiger partial charge in [0.2, 0.25) is 0 Å². The van der Waals surface area contributed by atoms with Crippen LogP contribution >= 0.6 is 11.3 Å². The number of anilines is 1. The van der Waals surface area contributed by atoms with E-state index in [4.69, 9.17) is 5.11 Å². The first-order chi connectivity index (χ1) is 9.78. The fourth-order valence-electron chi connectivity index (χ4n) is 2.96. The number of thiazole rings is 1. The van der Waals surface area contributed by atoms with Crippen LogP contribution in [0.3, 0.4) is 0 Å². The van der Waals surface area contributed by atoms with Crippen molar-refractivity contribution in [2.75, 3.05) is 18.0 Å². The van der Waals surface area contributed by atoms with Crippen molar-refractivity contribution in [3.8, 4) is 0 Å². The summed E-state index contributed by atoms with van der Waals surface area (Å²) in [6, 6.07) is 8.69. The molecule has 0 spiro atoms. The molecule has 3 rings (SSSR count). The number of aliphatic hydroxyl groups is 1. The highest BCUT2D eigenvalue weighted by atomic mass is 32.1. The molecule has 1 aliphatic heterocycles. The molecule has 2 heterocycles. The number of aromatic nitrogens is 1. The van der Waals surface area contributed by atoms with Crippen LogP contribution in [0.2, 0.25) is 0 Å². The average Bonchev–Trinajstić information content (AvgIpc) is 2.97. The predicted molar refractivity (Wildman–Crippen MR) is 83.4 cm³/mol. The van der Waals surface area contributed by atoms with E-state index in [9.17, 15) is 0 Å². The van der Waals surface area contributed by atoms with Crippen molar-refractivity contribution in [1.82, 2.24) is 4.98 Å². The van der Waals surface area contributed by atoms with Gasteiger partial charge >= 0.3 is 0 Å². The Hall–Kier alpha value is -1.39. The lowest BCUT2D eigenvalue weighted by molar-refractivity contribution is 0.277. The Bertz CT molecular complexity index is 581. The summed E-state index contributed by atoms with van der Waals surface area (Å²) in [7, 11) is 0. The van der Waals surface area contributed by atoms with Crippen molar-refractivity contribution in [3.05, 3.63) is 46.5 Å². The molecular weight excluding hydrogens is 268 g/mol. The third-order valence-corrected chi connectivity index (χ3v) is 4.97. The van der Waals surface area contributed by atoms with Gasteiger partial charge in [-0.2, -0.15) is 0 Å². The van der Waals surface area contributed by atoms with Crippen molar-refractivity contribution in [1.29, 1.82) is 0 Å². The van der Waals surface area contributed by atoms with Crippen LogP contribution in [-0.2, 0) is 6.61 Å². The summed E-state index contributed by atoms with van der Waals surface area (Å²) in [6.45, 7) is 4.33. The zero-order chi connectivity index (χ0) is 13.9. The van der Waals surface area contributed by atoms with Gasteiger partial charge in [-0.15, -0.1) is 11.3 Å². The van der Waals surface area contributed by atoms with Crippen molar-refractivity contribution >= 4 is 16.5 Å². The number of rotatable bonds is 3. The molecule has 0 radical (unpaired) electrons. The molecule has 1 unspecified atom stereocenters. The smallest absolute Gasteiger partial charge is 0.185 e. The second-order valence-electron chi connectivity index (χ2n) is 5.42. The van der Waals surface area contributed by atoms with Gasteiger partial charge in [0, 0.05) is 24.4 Å². The van der Waals surface area contributed by atoms with E-state index in [0.29, 0.717) is 5.92 Å². The number of piperidine rings is 1. The van der Waals surface area contributed by atoms with E-state index in [1.165, 1.54) is 24.0 Å². The summed E-state index contributed by atoms with van der Waals surface area (Å²) in [5, 5.41) is 12.1. The molecule has 3 nitrogen and oxygen atoms in total. The minimum Gasteiger partial charge on any atom is -0.390 e. The van der Waals surface area contributed by atoms with Gasteiger partial charge in [0.25, 0.3) is 0 Å². The number of aryl methyl sites for hydroxylation is 1. The van der Waals surface area contributed by atoms with Gasteiger partial charge in [-0.1, -0.05) is 24.3 Å². The lowest BCUT2D eigenvalue weighted by Crippen LogP contribution is -2.34. The zero-order valence-corrected chi connectivity index (χ0v) is 12.6. The van der Waals surface area contributed by atoms with Crippen molar-refractivity contribution in [2.45, 2.75) is 32.3 Å². The van der Waals surface area contributed by atoms with Crippen LogP contribution in [-0.4, -0.2) is 23.2 Å². The first-order valence-electron chi connectivity index (χ1n) is 7.13. The highest BCUT2D eigenvalue weighted by molar-refractivity contribution is 7.13. The minimum absolute atomic E-state index is 0.0333. The Morgan fingerprint density at radius 3 is 3.00 bits per heavy atom. The Kier molecular flexibility index (Phi) is 4.03. The van der Waals surface area contributed by atoms with Gasteiger partial charge in [-0.25, -0.2) is 4.98 Å². The predicted octanol–water partition coefficient (Wildman–Crippen LogP) is 3.33. The molecule has 20 heavy (non-hydrogen) atoms. The van der Waals surface area contributed by atoms with Crippen molar-refractivity contribution in [3.63, 3.8) is 0 Å². The van der Waals surface area contributed by atoms with E-state index in [-0.39, 0.29) is 6.61 Å². The zero-order valence-electron chi connectivity index (χ0n) is 11.7. The summed E-state index contributed by atoms with van der Waals surface area (Å²) >= 11 is 1.64. The van der Waals surface area contributed by atoms with Gasteiger partial charge in [-0.05, 0) is 30.9 Å². The molecule has 4 heteroatoms. The third kappa shape index (κ3) is 2.72. The fourth-order valence-corrected chi connectivity index (χ4v) is 3.82. The summed E-state index contributed by atoms with van der Waals surface area (Å²) in [6.07, 6.45) is 2.45. The fraction of sp³-hybridized carbons (Fsp3) is 0.438. The monoisotopic (exact) mass is 288 g/mol. The highest BCUT2D eigenvalue weighted by Crippen LogP contribution is 2.32. The van der Waals surface area contributed by atoms with E-state index in [2.05, 4.69) is 41.1 Å². The lowest BCUT2D eigenvalue weighted by atomic mass is 9.88. The van der Waals surface area contributed by atoms with Crippen LogP contribution in [0.1, 0.15) is 35.6 Å². The molecule has 1 fully saturated rings. The van der Waals surface area contributed by atoms with Crippen molar-refractivity contribution in [2.24, 2.45) is 0 Å². The second-order valence-corrected chi connectivity index (χ2v) is 6.26. The maximum Gasteiger partial charge on any atom is 0.185 e. The molecular formula is C16H20N2OS. The molecule has 106 valence electrons. The van der Waals surface area contributed by atoms with Crippen LogP contribution < -0.4 is 4.90 Å². The topological polar surface area (TPSA) is 36.4 Å². The maximum absolute atomic E-state index is 9.14. The van der Waals surface area contributed by atoms with E-state index in [0.717, 1.165) is 23.9 Å². The molecule has 1 atom stereocenters. The summed E-state index contributed by atoms with van der Waals surface area (Å²) in [4.78, 5) is 6.86. The van der Waals surface area contributed by atoms with E-state index < -0.39 is 0 Å². The Labute approximate surface area is 123 Å². The van der Waals surface area contributed by atoms with Crippen LogP contribution in [0.5, 0.6) is 0 Å². The minimum atomic E-state index is 0.0333. The summed E-state index contributed by atoms with van der Waals surface area (Å²) in [5.41, 5.74) is 3.63. The van der Waals surface area contributed by atoms with Crippen molar-refractivity contribution < 1.29 is 5.11 Å². The standard InChI is InChI=1S/C16H20N2OS/c1-12-5-2-3-7-15(12)13-6-4-8-18(9-13)16-17-14(10-19)11-20-16/h2-3,5,7,11,13,19H,4,6,8-10H2,1H3. The number of benzene rings is 1. The van der Waals surface area contributed by atoms with E-state index >= 15 is 0 Å². The first kappa shape index (κ1) is 13.6. The van der Waals surface area contributed by atoms with Crippen LogP contribution in [0, 0.1) is 6.92 Å². The second kappa shape index (κ2) is 5.94. The summed E-state index contributed by atoms with van der Waals surface area (Å²) < 4.78 is 0. The third-order valence-electron chi connectivity index (χ3n) is 4.02. The molecule has 0 saturated carbocycles. The maximum atomic E-state index is 9.14. The molecule has 0 aliphatic carbocycles. The van der Waals surface area contributed by atoms with Gasteiger partial charge in [0.1, 0.15) is 0 Å². The lowest BCUT2D eigenvalue weighted by Gasteiger charge is -2.33. The normalized spacial score (nSPS) is 19.3. The molecule has 1 aromatic carbocycles. The van der Waals surface area contributed by atoms with Crippen LogP contribution in [0.25, 0.3) is 0 Å². The number of hydrogen-bond acceptors (Lipinski definition) is 4. The van der Waals surface area contributed by atoms with Gasteiger partial charge < -0.3 is 10.0 Å². The Morgan fingerprint density at radius 2 is 2.25 bits per heavy atom. The number of nitrogens with zero attached hydrogens (tertiary/aromatic N) is 2. The molecule has 0 bridgehead atoms. The summed E-state index contributed by atoms with van der Waals surface area (Å²) in [5.74, 6) is 0.589. The molecule has 1 aromatic heterocycles. The molecule has 0 amide bonds. The molecule has 1 aliphatic rings. The van der Waals surface area contributed by atoms with Gasteiger partial charge in [-0.3, -0.25) is 0 Å². The first-order valence-corrected chi connectivity index (χ1v) is 8.01. The quantitative estimate of drug-likeness (QED) is 0.941. The Balaban J connectivity index is 1.78. The van der Waals surface area contributed by atoms with E-state index in [1.54, 1.807) is 11.3 Å². The molecule has 2 aromatic rings. The van der Waals surface area contributed by atoms with Gasteiger partial charge in [0.15, 0.2) is 5.13 Å². The van der Waals surface area contributed by atoms with Gasteiger partial charge in [0.05, 0.1) is 12.3 Å². The highest BCUT2D eigenvalue weighted by Gasteiger charge is 2.24. The van der Waals surface area contributed by atoms with Crippen LogP contribution in [0.4, 0.5) is 5.13 Å². The largest absolute Gasteiger partial charge is 0.390 e. The number of hydrogen-bond donors (Lipinski definition) is 1. The van der Waals surface area contributed by atoms with E-state index in [1.807, 2.05) is 5.38 Å². The SMILES string of the molecule is Cc1ccccc1C1CCCN(c2nc(CO)cs2)C1. The number of aliphatic hydroxyl groups excluding tert-OH is 1. The Morgan fingerprint density at radius 1 is 1.40 bits per heavy atom. The molecule has 1 saturated heterocycles. The average molecular weight is 288 g/mol.